The van der Waals surface area contributed by atoms with Crippen LogP contribution >= 0.6 is 0 Å². The van der Waals surface area contributed by atoms with Gasteiger partial charge in [0.2, 0.25) is 0 Å². The maximum absolute atomic E-state index is 13.3. The topological polar surface area (TPSA) is 3.24 Å². The van der Waals surface area contributed by atoms with Gasteiger partial charge < -0.3 is 4.90 Å². The average molecular weight is 389 g/mol. The van der Waals surface area contributed by atoms with E-state index >= 15 is 0 Å². The molecule has 4 heteroatoms. The molecular formula is C25H18F3N. The van der Waals surface area contributed by atoms with Crippen LogP contribution in [-0.4, -0.2) is 0 Å². The minimum absolute atomic E-state index is 0.457. The van der Waals surface area contributed by atoms with E-state index in [0.717, 1.165) is 28.6 Å². The predicted molar refractivity (Wildman–Crippen MR) is 112 cm³/mol. The van der Waals surface area contributed by atoms with Gasteiger partial charge in [0.1, 0.15) is 0 Å². The highest BCUT2D eigenvalue weighted by Gasteiger charge is 2.31. The lowest BCUT2D eigenvalue weighted by atomic mass is 10.0. The number of rotatable bonds is 4. The van der Waals surface area contributed by atoms with Gasteiger partial charge in [-0.05, 0) is 53.6 Å². The second-order valence-corrected chi connectivity index (χ2v) is 6.63. The Balaban J connectivity index is 1.78. The van der Waals surface area contributed by atoms with Crippen LogP contribution in [0.15, 0.2) is 109 Å². The predicted octanol–water partition coefficient (Wildman–Crippen LogP) is 7.84. The molecular weight excluding hydrogens is 371 g/mol. The molecule has 0 spiro atoms. The molecule has 0 saturated heterocycles. The van der Waals surface area contributed by atoms with Crippen LogP contribution in [0.4, 0.5) is 30.2 Å². The van der Waals surface area contributed by atoms with Crippen molar-refractivity contribution in [1.82, 2.24) is 0 Å². The minimum Gasteiger partial charge on any atom is -0.310 e. The summed E-state index contributed by atoms with van der Waals surface area (Å²) in [7, 11) is 0. The zero-order chi connectivity index (χ0) is 20.3. The van der Waals surface area contributed by atoms with Gasteiger partial charge in [0.05, 0.1) is 5.56 Å². The van der Waals surface area contributed by atoms with Gasteiger partial charge >= 0.3 is 6.18 Å². The lowest BCUT2D eigenvalue weighted by molar-refractivity contribution is -0.137. The number of alkyl halides is 3. The number of para-hydroxylation sites is 1. The van der Waals surface area contributed by atoms with Crippen molar-refractivity contribution in [1.29, 1.82) is 0 Å². The molecule has 144 valence electrons. The molecule has 4 aromatic carbocycles. The van der Waals surface area contributed by atoms with Crippen molar-refractivity contribution >= 4 is 17.1 Å². The lowest BCUT2D eigenvalue weighted by Crippen LogP contribution is -2.12. The number of hydrogen-bond acceptors (Lipinski definition) is 1. The molecule has 4 rings (SSSR count). The molecule has 4 aromatic rings. The van der Waals surface area contributed by atoms with Crippen LogP contribution in [0.3, 0.4) is 0 Å². The Morgan fingerprint density at radius 3 is 1.62 bits per heavy atom. The van der Waals surface area contributed by atoms with Crippen molar-refractivity contribution in [3.8, 4) is 11.1 Å². The summed E-state index contributed by atoms with van der Waals surface area (Å²) >= 11 is 0. The summed E-state index contributed by atoms with van der Waals surface area (Å²) in [6, 6.07) is 32.5. The molecule has 0 N–H and O–H groups in total. The molecule has 0 atom stereocenters. The van der Waals surface area contributed by atoms with Crippen LogP contribution in [0.1, 0.15) is 5.56 Å². The van der Waals surface area contributed by atoms with Crippen LogP contribution in [0.5, 0.6) is 0 Å². The normalized spacial score (nSPS) is 11.3. The number of benzene rings is 4. The van der Waals surface area contributed by atoms with E-state index in [1.165, 1.54) is 12.1 Å². The third-order valence-electron chi connectivity index (χ3n) is 4.68. The molecule has 1 nitrogen and oxygen atoms in total. The number of nitrogens with zero attached hydrogens (tertiary/aromatic N) is 1. The van der Waals surface area contributed by atoms with Crippen LogP contribution in [0.2, 0.25) is 0 Å². The van der Waals surface area contributed by atoms with Gasteiger partial charge in [-0.1, -0.05) is 66.7 Å². The van der Waals surface area contributed by atoms with E-state index in [9.17, 15) is 13.2 Å². The summed E-state index contributed by atoms with van der Waals surface area (Å²) in [6.45, 7) is 0. The molecule has 0 aliphatic carbocycles. The maximum Gasteiger partial charge on any atom is 0.416 e. The van der Waals surface area contributed by atoms with Crippen molar-refractivity contribution in [2.24, 2.45) is 0 Å². The molecule has 0 fully saturated rings. The highest BCUT2D eigenvalue weighted by atomic mass is 19.4. The Kier molecular flexibility index (Phi) is 5.09. The van der Waals surface area contributed by atoms with Crippen molar-refractivity contribution in [3.05, 3.63) is 115 Å². The first-order chi connectivity index (χ1) is 14.0. The van der Waals surface area contributed by atoms with Gasteiger partial charge in [0.15, 0.2) is 0 Å². The number of halogens is 3. The second-order valence-electron chi connectivity index (χ2n) is 6.63. The SMILES string of the molecule is FC(F)(F)c1cccc(N(c2ccccc2)c2ccc(-c3ccccc3)cc2)c1. The number of hydrogen-bond donors (Lipinski definition) is 0. The maximum atomic E-state index is 13.3. The van der Waals surface area contributed by atoms with E-state index in [0.29, 0.717) is 5.69 Å². The Bertz CT molecular complexity index is 1070. The van der Waals surface area contributed by atoms with Crippen molar-refractivity contribution in [3.63, 3.8) is 0 Å². The van der Waals surface area contributed by atoms with E-state index < -0.39 is 11.7 Å². The van der Waals surface area contributed by atoms with Crippen molar-refractivity contribution in [2.45, 2.75) is 6.18 Å². The Labute approximate surface area is 167 Å². The van der Waals surface area contributed by atoms with Crippen molar-refractivity contribution < 1.29 is 13.2 Å². The summed E-state index contributed by atoms with van der Waals surface area (Å²) in [5, 5.41) is 0. The van der Waals surface area contributed by atoms with Gasteiger partial charge in [-0.25, -0.2) is 0 Å². The first kappa shape index (κ1) is 18.8. The Morgan fingerprint density at radius 2 is 1.00 bits per heavy atom. The van der Waals surface area contributed by atoms with E-state index in [1.807, 2.05) is 89.8 Å². The van der Waals surface area contributed by atoms with Crippen molar-refractivity contribution in [2.75, 3.05) is 4.90 Å². The molecule has 0 heterocycles. The zero-order valence-electron chi connectivity index (χ0n) is 15.5. The molecule has 0 bridgehead atoms. The Morgan fingerprint density at radius 1 is 0.483 bits per heavy atom. The monoisotopic (exact) mass is 389 g/mol. The summed E-state index contributed by atoms with van der Waals surface area (Å²) in [6.07, 6.45) is -4.39. The van der Waals surface area contributed by atoms with Crippen LogP contribution in [-0.2, 0) is 6.18 Å². The van der Waals surface area contributed by atoms with E-state index in [-0.39, 0.29) is 0 Å². The molecule has 0 saturated carbocycles. The molecule has 0 radical (unpaired) electrons. The fraction of sp³-hybridized carbons (Fsp3) is 0.0400. The molecule has 0 aromatic heterocycles. The van der Waals surface area contributed by atoms with Crippen LogP contribution in [0, 0.1) is 0 Å². The second kappa shape index (κ2) is 7.84. The third-order valence-corrected chi connectivity index (χ3v) is 4.68. The van der Waals surface area contributed by atoms with E-state index in [1.54, 1.807) is 6.07 Å². The van der Waals surface area contributed by atoms with E-state index in [4.69, 9.17) is 0 Å². The highest BCUT2D eigenvalue weighted by Crippen LogP contribution is 2.38. The number of anilines is 3. The third kappa shape index (κ3) is 4.16. The highest BCUT2D eigenvalue weighted by molar-refractivity contribution is 5.78. The molecule has 0 unspecified atom stereocenters. The smallest absolute Gasteiger partial charge is 0.310 e. The van der Waals surface area contributed by atoms with Gasteiger partial charge in [0.25, 0.3) is 0 Å². The van der Waals surface area contributed by atoms with Gasteiger partial charge in [-0.3, -0.25) is 0 Å². The Hall–Kier alpha value is -3.53. The van der Waals surface area contributed by atoms with Gasteiger partial charge in [-0.2, -0.15) is 13.2 Å². The average Bonchev–Trinajstić information content (AvgIpc) is 2.76. The molecule has 29 heavy (non-hydrogen) atoms. The van der Waals surface area contributed by atoms with E-state index in [2.05, 4.69) is 0 Å². The lowest BCUT2D eigenvalue weighted by Gasteiger charge is -2.26. The summed E-state index contributed by atoms with van der Waals surface area (Å²) in [5.74, 6) is 0. The molecule has 0 aliphatic rings. The fourth-order valence-corrected chi connectivity index (χ4v) is 3.28. The molecule has 0 amide bonds. The largest absolute Gasteiger partial charge is 0.416 e. The van der Waals surface area contributed by atoms with Crippen LogP contribution in [0.25, 0.3) is 11.1 Å². The standard InChI is InChI=1S/C25H18F3N/c26-25(27,28)21-10-7-13-24(18-21)29(22-11-5-2-6-12-22)23-16-14-20(15-17-23)19-8-3-1-4-9-19/h1-18H. The van der Waals surface area contributed by atoms with Gasteiger partial charge in [-0.15, -0.1) is 0 Å². The summed E-state index contributed by atoms with van der Waals surface area (Å²) < 4.78 is 39.8. The molecule has 0 aliphatic heterocycles. The first-order valence-electron chi connectivity index (χ1n) is 9.20. The summed E-state index contributed by atoms with van der Waals surface area (Å²) in [4.78, 5) is 1.82. The first-order valence-corrected chi connectivity index (χ1v) is 9.20. The fourth-order valence-electron chi connectivity index (χ4n) is 3.28. The minimum atomic E-state index is -4.39. The zero-order valence-corrected chi connectivity index (χ0v) is 15.5. The quantitative estimate of drug-likeness (QED) is 0.344. The van der Waals surface area contributed by atoms with Gasteiger partial charge in [0, 0.05) is 17.1 Å². The van der Waals surface area contributed by atoms with Crippen LogP contribution < -0.4 is 4.90 Å². The summed E-state index contributed by atoms with van der Waals surface area (Å²) in [5.41, 5.74) is 3.50.